The summed E-state index contributed by atoms with van der Waals surface area (Å²) in [5, 5.41) is 4.11. The number of likely N-dealkylation sites (tertiary alicyclic amines) is 1. The van der Waals surface area contributed by atoms with Crippen molar-refractivity contribution in [2.75, 3.05) is 38.2 Å². The first-order valence-electron chi connectivity index (χ1n) is 11.0. The largest absolute Gasteiger partial charge is 0.492 e. The Hall–Kier alpha value is -3.26. The summed E-state index contributed by atoms with van der Waals surface area (Å²) in [6.07, 6.45) is 5.72. The molecule has 32 heavy (non-hydrogen) atoms. The van der Waals surface area contributed by atoms with Gasteiger partial charge in [-0.15, -0.1) is 0 Å². The maximum atomic E-state index is 13.0. The minimum atomic E-state index is -0.128. The third-order valence-electron chi connectivity index (χ3n) is 6.05. The minimum absolute atomic E-state index is 0.128. The number of aryl methyl sites for hydroxylation is 3. The van der Waals surface area contributed by atoms with Crippen molar-refractivity contribution < 1.29 is 9.53 Å². The molecule has 1 aliphatic rings. The smallest absolute Gasteiger partial charge is 0.276 e. The molecule has 0 spiro atoms. The second-order valence-corrected chi connectivity index (χ2v) is 8.20. The highest BCUT2D eigenvalue weighted by molar-refractivity contribution is 6.05. The fourth-order valence-electron chi connectivity index (χ4n) is 4.19. The second kappa shape index (κ2) is 9.48. The molecular formula is C24H30N6O2. The normalized spacial score (nSPS) is 14.0. The van der Waals surface area contributed by atoms with E-state index in [1.165, 1.54) is 12.8 Å². The van der Waals surface area contributed by atoms with E-state index in [9.17, 15) is 4.79 Å². The summed E-state index contributed by atoms with van der Waals surface area (Å²) in [6, 6.07) is 7.55. The summed E-state index contributed by atoms with van der Waals surface area (Å²) in [6.45, 7) is 7.73. The van der Waals surface area contributed by atoms with E-state index in [0.717, 1.165) is 53.6 Å². The monoisotopic (exact) mass is 434 g/mol. The summed E-state index contributed by atoms with van der Waals surface area (Å²) in [5.41, 5.74) is 4.87. The standard InChI is InChI=1S/C24H30N6O2/c1-17-23(18(2)26-16-25-17)20-15-19(28(3)24(31)21-9-10-27-29(21)4)7-8-22(20)32-14-13-30-11-5-6-12-30/h7-10,15-16H,5-6,11-14H2,1-4H3. The number of amides is 1. The van der Waals surface area contributed by atoms with Gasteiger partial charge >= 0.3 is 0 Å². The van der Waals surface area contributed by atoms with Gasteiger partial charge in [0.15, 0.2) is 0 Å². The summed E-state index contributed by atoms with van der Waals surface area (Å²) < 4.78 is 7.81. The summed E-state index contributed by atoms with van der Waals surface area (Å²) in [7, 11) is 3.53. The highest BCUT2D eigenvalue weighted by Crippen LogP contribution is 2.36. The molecule has 3 aromatic rings. The Morgan fingerprint density at radius 2 is 1.84 bits per heavy atom. The molecular weight excluding hydrogens is 404 g/mol. The third-order valence-corrected chi connectivity index (χ3v) is 6.05. The maximum absolute atomic E-state index is 13.0. The Kier molecular flexibility index (Phi) is 6.50. The molecule has 0 aliphatic carbocycles. The first kappa shape index (κ1) is 22.0. The van der Waals surface area contributed by atoms with Crippen molar-refractivity contribution in [3.8, 4) is 16.9 Å². The lowest BCUT2D eigenvalue weighted by molar-refractivity contribution is 0.0984. The van der Waals surface area contributed by atoms with Crippen LogP contribution in [0.15, 0.2) is 36.8 Å². The van der Waals surface area contributed by atoms with Crippen molar-refractivity contribution in [2.45, 2.75) is 26.7 Å². The van der Waals surface area contributed by atoms with Gasteiger partial charge in [0, 0.05) is 55.0 Å². The van der Waals surface area contributed by atoms with Crippen LogP contribution in [0.25, 0.3) is 11.1 Å². The molecule has 168 valence electrons. The molecule has 2 aromatic heterocycles. The molecule has 4 rings (SSSR count). The van der Waals surface area contributed by atoms with Gasteiger partial charge in [-0.3, -0.25) is 14.4 Å². The topological polar surface area (TPSA) is 76.4 Å². The van der Waals surface area contributed by atoms with Crippen molar-refractivity contribution in [3.63, 3.8) is 0 Å². The van der Waals surface area contributed by atoms with Crippen LogP contribution < -0.4 is 9.64 Å². The van der Waals surface area contributed by atoms with Gasteiger partial charge in [0.1, 0.15) is 24.4 Å². The molecule has 0 bridgehead atoms. The number of hydrogen-bond donors (Lipinski definition) is 0. The average molecular weight is 435 g/mol. The molecule has 1 amide bonds. The fraction of sp³-hybridized carbons (Fsp3) is 0.417. The van der Waals surface area contributed by atoms with Crippen LogP contribution in [0.1, 0.15) is 34.7 Å². The van der Waals surface area contributed by atoms with Gasteiger partial charge in [-0.1, -0.05) is 0 Å². The number of nitrogens with zero attached hydrogens (tertiary/aromatic N) is 6. The summed E-state index contributed by atoms with van der Waals surface area (Å²) >= 11 is 0. The average Bonchev–Trinajstić information content (AvgIpc) is 3.45. The van der Waals surface area contributed by atoms with Gasteiger partial charge in [0.05, 0.1) is 0 Å². The summed E-state index contributed by atoms with van der Waals surface area (Å²) in [4.78, 5) is 25.9. The number of carbonyl (C=O) groups is 1. The van der Waals surface area contributed by atoms with Crippen LogP contribution >= 0.6 is 0 Å². The van der Waals surface area contributed by atoms with Crippen LogP contribution in [-0.2, 0) is 7.05 Å². The number of carbonyl (C=O) groups excluding carboxylic acids is 1. The Balaban J connectivity index is 1.66. The van der Waals surface area contributed by atoms with Gasteiger partial charge < -0.3 is 9.64 Å². The predicted molar refractivity (Wildman–Crippen MR) is 124 cm³/mol. The van der Waals surface area contributed by atoms with Gasteiger partial charge in [0.25, 0.3) is 5.91 Å². The van der Waals surface area contributed by atoms with E-state index in [0.29, 0.717) is 12.3 Å². The molecule has 8 nitrogen and oxygen atoms in total. The van der Waals surface area contributed by atoms with Gasteiger partial charge in [0.2, 0.25) is 0 Å². The molecule has 1 fully saturated rings. The lowest BCUT2D eigenvalue weighted by atomic mass is 10.0. The number of benzene rings is 1. The van der Waals surface area contributed by atoms with E-state index in [1.54, 1.807) is 42.3 Å². The molecule has 0 radical (unpaired) electrons. The van der Waals surface area contributed by atoms with Crippen LogP contribution in [0.3, 0.4) is 0 Å². The van der Waals surface area contributed by atoms with E-state index >= 15 is 0 Å². The number of aromatic nitrogens is 4. The van der Waals surface area contributed by atoms with E-state index in [-0.39, 0.29) is 5.91 Å². The molecule has 0 atom stereocenters. The molecule has 0 unspecified atom stereocenters. The molecule has 3 heterocycles. The molecule has 8 heteroatoms. The van der Waals surface area contributed by atoms with Crippen LogP contribution in [-0.4, -0.2) is 63.8 Å². The Morgan fingerprint density at radius 3 is 2.50 bits per heavy atom. The van der Waals surface area contributed by atoms with Gasteiger partial charge in [-0.2, -0.15) is 5.10 Å². The lowest BCUT2D eigenvalue weighted by Crippen LogP contribution is -2.28. The number of anilines is 1. The number of rotatable bonds is 7. The molecule has 1 saturated heterocycles. The van der Waals surface area contributed by atoms with Crippen molar-refractivity contribution in [2.24, 2.45) is 7.05 Å². The van der Waals surface area contributed by atoms with Crippen molar-refractivity contribution in [1.29, 1.82) is 0 Å². The predicted octanol–water partition coefficient (Wildman–Crippen LogP) is 3.25. The third kappa shape index (κ3) is 4.50. The van der Waals surface area contributed by atoms with Crippen LogP contribution in [0.5, 0.6) is 5.75 Å². The highest BCUT2D eigenvalue weighted by Gasteiger charge is 2.20. The zero-order chi connectivity index (χ0) is 22.7. The maximum Gasteiger partial charge on any atom is 0.276 e. The molecule has 0 saturated carbocycles. The zero-order valence-electron chi connectivity index (χ0n) is 19.2. The quantitative estimate of drug-likeness (QED) is 0.568. The Morgan fingerprint density at radius 1 is 1.12 bits per heavy atom. The number of ether oxygens (including phenoxy) is 1. The van der Waals surface area contributed by atoms with E-state index in [2.05, 4.69) is 20.0 Å². The van der Waals surface area contributed by atoms with Crippen molar-refractivity contribution >= 4 is 11.6 Å². The van der Waals surface area contributed by atoms with E-state index in [4.69, 9.17) is 4.74 Å². The van der Waals surface area contributed by atoms with Gasteiger partial charge in [-0.25, -0.2) is 9.97 Å². The van der Waals surface area contributed by atoms with E-state index < -0.39 is 0 Å². The van der Waals surface area contributed by atoms with Crippen molar-refractivity contribution in [1.82, 2.24) is 24.6 Å². The van der Waals surface area contributed by atoms with Crippen LogP contribution in [0, 0.1) is 13.8 Å². The Labute approximate surface area is 188 Å². The zero-order valence-corrected chi connectivity index (χ0v) is 19.2. The molecule has 0 N–H and O–H groups in total. The highest BCUT2D eigenvalue weighted by atomic mass is 16.5. The second-order valence-electron chi connectivity index (χ2n) is 8.20. The lowest BCUT2D eigenvalue weighted by Gasteiger charge is -2.22. The number of hydrogen-bond acceptors (Lipinski definition) is 6. The van der Waals surface area contributed by atoms with E-state index in [1.807, 2.05) is 32.0 Å². The molecule has 1 aliphatic heterocycles. The van der Waals surface area contributed by atoms with Crippen molar-refractivity contribution in [3.05, 3.63) is 53.9 Å². The SMILES string of the molecule is Cc1ncnc(C)c1-c1cc(N(C)C(=O)c2ccnn2C)ccc1OCCN1CCCC1. The van der Waals surface area contributed by atoms with Crippen LogP contribution in [0.4, 0.5) is 5.69 Å². The van der Waals surface area contributed by atoms with Crippen LogP contribution in [0.2, 0.25) is 0 Å². The fourth-order valence-corrected chi connectivity index (χ4v) is 4.19. The first-order valence-corrected chi connectivity index (χ1v) is 11.0. The Bertz CT molecular complexity index is 1080. The van der Waals surface area contributed by atoms with Gasteiger partial charge in [-0.05, 0) is 64.0 Å². The minimum Gasteiger partial charge on any atom is -0.492 e. The first-order chi connectivity index (χ1) is 15.5. The summed E-state index contributed by atoms with van der Waals surface area (Å²) in [5.74, 6) is 0.645. The molecule has 1 aromatic carbocycles.